The summed E-state index contributed by atoms with van der Waals surface area (Å²) in [5, 5.41) is 2.13. The SMILES string of the molecule is O=C(Nc1cc(F)c(F)c(F)c1)c1ccc(Br)c(S(=O)(=O)Cl)c1. The highest BCUT2D eigenvalue weighted by molar-refractivity contribution is 9.10. The zero-order chi connectivity index (χ0) is 17.4. The maximum atomic E-state index is 13.1. The Balaban J connectivity index is 2.35. The molecule has 1 N–H and O–H groups in total. The van der Waals surface area contributed by atoms with E-state index in [0.29, 0.717) is 12.1 Å². The Labute approximate surface area is 141 Å². The van der Waals surface area contributed by atoms with Gasteiger partial charge in [-0.15, -0.1) is 0 Å². The largest absolute Gasteiger partial charge is 0.322 e. The quantitative estimate of drug-likeness (QED) is 0.593. The molecular weight excluding hydrogens is 423 g/mol. The molecule has 122 valence electrons. The Hall–Kier alpha value is -1.58. The molecule has 2 rings (SSSR count). The second kappa shape index (κ2) is 6.50. The van der Waals surface area contributed by atoms with Gasteiger partial charge in [0.2, 0.25) is 0 Å². The Morgan fingerprint density at radius 2 is 1.65 bits per heavy atom. The minimum absolute atomic E-state index is 0.127. The number of benzene rings is 2. The Morgan fingerprint density at radius 3 is 2.17 bits per heavy atom. The van der Waals surface area contributed by atoms with Crippen molar-refractivity contribution in [1.29, 1.82) is 0 Å². The summed E-state index contributed by atoms with van der Waals surface area (Å²) in [4.78, 5) is 11.7. The van der Waals surface area contributed by atoms with Gasteiger partial charge in [0.25, 0.3) is 15.0 Å². The first kappa shape index (κ1) is 17.8. The lowest BCUT2D eigenvalue weighted by molar-refractivity contribution is 0.102. The van der Waals surface area contributed by atoms with Crippen LogP contribution in [0.1, 0.15) is 10.4 Å². The van der Waals surface area contributed by atoms with Crippen molar-refractivity contribution in [2.75, 3.05) is 5.32 Å². The predicted octanol–water partition coefficient (Wildman–Crippen LogP) is 4.05. The summed E-state index contributed by atoms with van der Waals surface area (Å²) in [6.45, 7) is 0. The Kier molecular flexibility index (Phi) is 5.02. The summed E-state index contributed by atoms with van der Waals surface area (Å²) in [5.74, 6) is -5.47. The molecule has 0 unspecified atom stereocenters. The van der Waals surface area contributed by atoms with E-state index in [4.69, 9.17) is 10.7 Å². The minimum atomic E-state index is -4.11. The summed E-state index contributed by atoms with van der Waals surface area (Å²) >= 11 is 2.97. The molecule has 0 spiro atoms. The highest BCUT2D eigenvalue weighted by Crippen LogP contribution is 2.26. The molecule has 0 aliphatic rings. The van der Waals surface area contributed by atoms with E-state index in [0.717, 1.165) is 6.07 Å². The second-order valence-corrected chi connectivity index (χ2v) is 7.68. The summed E-state index contributed by atoms with van der Waals surface area (Å²) in [6, 6.07) is 4.71. The van der Waals surface area contributed by atoms with E-state index in [-0.39, 0.29) is 20.6 Å². The van der Waals surface area contributed by atoms with Crippen LogP contribution in [0.4, 0.5) is 18.9 Å². The molecule has 0 aromatic heterocycles. The molecule has 0 saturated heterocycles. The van der Waals surface area contributed by atoms with Crippen LogP contribution >= 0.6 is 26.6 Å². The van der Waals surface area contributed by atoms with Crippen LogP contribution in [-0.4, -0.2) is 14.3 Å². The van der Waals surface area contributed by atoms with Crippen molar-refractivity contribution in [2.24, 2.45) is 0 Å². The van der Waals surface area contributed by atoms with E-state index >= 15 is 0 Å². The van der Waals surface area contributed by atoms with E-state index in [9.17, 15) is 26.4 Å². The first-order chi connectivity index (χ1) is 10.6. The standard InChI is InChI=1S/C13H6BrClF3NO3S/c14-8-2-1-6(3-11(8)23(15,21)22)13(20)19-7-4-9(16)12(18)10(17)5-7/h1-5H,(H,19,20). The van der Waals surface area contributed by atoms with Gasteiger partial charge in [0.1, 0.15) is 0 Å². The monoisotopic (exact) mass is 427 g/mol. The number of halogens is 5. The minimum Gasteiger partial charge on any atom is -0.322 e. The van der Waals surface area contributed by atoms with Crippen molar-refractivity contribution in [3.63, 3.8) is 0 Å². The number of hydrogen-bond acceptors (Lipinski definition) is 3. The Bertz CT molecular complexity index is 882. The van der Waals surface area contributed by atoms with E-state index in [2.05, 4.69) is 21.2 Å². The number of nitrogens with one attached hydrogen (secondary N) is 1. The molecule has 2 aromatic rings. The summed E-state index contributed by atoms with van der Waals surface area (Å²) in [6.07, 6.45) is 0. The molecular formula is C13H6BrClF3NO3S. The van der Waals surface area contributed by atoms with Gasteiger partial charge in [-0.05, 0) is 34.1 Å². The van der Waals surface area contributed by atoms with Gasteiger partial charge in [-0.25, -0.2) is 21.6 Å². The zero-order valence-corrected chi connectivity index (χ0v) is 14.1. The summed E-state index contributed by atoms with van der Waals surface area (Å²) in [7, 11) is 1.12. The van der Waals surface area contributed by atoms with Crippen LogP contribution < -0.4 is 5.32 Å². The van der Waals surface area contributed by atoms with Gasteiger partial charge in [-0.2, -0.15) is 0 Å². The number of amides is 1. The van der Waals surface area contributed by atoms with Gasteiger partial charge >= 0.3 is 0 Å². The van der Waals surface area contributed by atoms with Crippen molar-refractivity contribution < 1.29 is 26.4 Å². The zero-order valence-electron chi connectivity index (χ0n) is 10.9. The van der Waals surface area contributed by atoms with Crippen molar-refractivity contribution in [3.8, 4) is 0 Å². The van der Waals surface area contributed by atoms with Crippen LogP contribution in [-0.2, 0) is 9.05 Å². The van der Waals surface area contributed by atoms with Gasteiger partial charge < -0.3 is 5.32 Å². The number of anilines is 1. The van der Waals surface area contributed by atoms with E-state index in [1.165, 1.54) is 12.1 Å². The molecule has 0 aliphatic carbocycles. The number of rotatable bonds is 3. The lowest BCUT2D eigenvalue weighted by Gasteiger charge is -2.08. The van der Waals surface area contributed by atoms with E-state index < -0.39 is 32.4 Å². The van der Waals surface area contributed by atoms with E-state index in [1.54, 1.807) is 0 Å². The van der Waals surface area contributed by atoms with Crippen LogP contribution in [0, 0.1) is 17.5 Å². The molecule has 0 heterocycles. The third-order valence-electron chi connectivity index (χ3n) is 2.70. The molecule has 0 fully saturated rings. The highest BCUT2D eigenvalue weighted by Gasteiger charge is 2.18. The highest BCUT2D eigenvalue weighted by atomic mass is 79.9. The number of carbonyl (C=O) groups is 1. The second-order valence-electron chi connectivity index (χ2n) is 4.29. The van der Waals surface area contributed by atoms with Gasteiger partial charge in [-0.1, -0.05) is 0 Å². The molecule has 0 saturated carbocycles. The van der Waals surface area contributed by atoms with Crippen LogP contribution in [0.2, 0.25) is 0 Å². The normalized spacial score (nSPS) is 11.3. The summed E-state index contributed by atoms with van der Waals surface area (Å²) < 4.78 is 61.9. The smallest absolute Gasteiger partial charge is 0.262 e. The first-order valence-corrected chi connectivity index (χ1v) is 8.90. The maximum absolute atomic E-state index is 13.1. The third-order valence-corrected chi connectivity index (χ3v) is 5.01. The summed E-state index contributed by atoms with van der Waals surface area (Å²) in [5.41, 5.74) is -0.456. The molecule has 0 radical (unpaired) electrons. The fourth-order valence-electron chi connectivity index (χ4n) is 1.66. The van der Waals surface area contributed by atoms with Gasteiger partial charge in [0, 0.05) is 38.5 Å². The fraction of sp³-hybridized carbons (Fsp3) is 0. The molecule has 0 atom stereocenters. The van der Waals surface area contributed by atoms with Crippen LogP contribution in [0.3, 0.4) is 0 Å². The van der Waals surface area contributed by atoms with E-state index in [1.807, 2.05) is 0 Å². The molecule has 10 heteroatoms. The average Bonchev–Trinajstić information content (AvgIpc) is 2.43. The molecule has 2 aromatic carbocycles. The van der Waals surface area contributed by atoms with Gasteiger partial charge in [0.15, 0.2) is 17.5 Å². The molecule has 0 bridgehead atoms. The predicted molar refractivity (Wildman–Crippen MR) is 81.5 cm³/mol. The molecule has 0 aliphatic heterocycles. The van der Waals surface area contributed by atoms with Crippen LogP contribution in [0.25, 0.3) is 0 Å². The third kappa shape index (κ3) is 4.04. The van der Waals surface area contributed by atoms with Crippen LogP contribution in [0.5, 0.6) is 0 Å². The van der Waals surface area contributed by atoms with Crippen molar-refractivity contribution in [1.82, 2.24) is 0 Å². The van der Waals surface area contributed by atoms with Gasteiger partial charge in [-0.3, -0.25) is 4.79 Å². The lowest BCUT2D eigenvalue weighted by atomic mass is 10.2. The first-order valence-electron chi connectivity index (χ1n) is 5.79. The van der Waals surface area contributed by atoms with Crippen molar-refractivity contribution in [3.05, 3.63) is 57.8 Å². The van der Waals surface area contributed by atoms with Crippen molar-refractivity contribution in [2.45, 2.75) is 4.90 Å². The maximum Gasteiger partial charge on any atom is 0.262 e. The topological polar surface area (TPSA) is 63.2 Å². The van der Waals surface area contributed by atoms with Crippen LogP contribution in [0.15, 0.2) is 39.7 Å². The number of carbonyl (C=O) groups excluding carboxylic acids is 1. The lowest BCUT2D eigenvalue weighted by Crippen LogP contribution is -2.13. The van der Waals surface area contributed by atoms with Gasteiger partial charge in [0.05, 0.1) is 4.90 Å². The average molecular weight is 429 g/mol. The molecule has 1 amide bonds. The molecule has 4 nitrogen and oxygen atoms in total. The van der Waals surface area contributed by atoms with Crippen molar-refractivity contribution >= 4 is 47.3 Å². The Morgan fingerprint density at radius 1 is 1.09 bits per heavy atom. The number of hydrogen-bond donors (Lipinski definition) is 1. The fourth-order valence-corrected chi connectivity index (χ4v) is 3.78. The molecule has 23 heavy (non-hydrogen) atoms.